The van der Waals surface area contributed by atoms with Crippen molar-refractivity contribution in [2.45, 2.75) is 38.6 Å². The van der Waals surface area contributed by atoms with Gasteiger partial charge in [-0.15, -0.1) is 0 Å². The molecule has 1 unspecified atom stereocenters. The lowest BCUT2D eigenvalue weighted by Gasteiger charge is -2.34. The molecule has 0 saturated heterocycles. The van der Waals surface area contributed by atoms with Gasteiger partial charge in [0.1, 0.15) is 5.82 Å². The van der Waals surface area contributed by atoms with Crippen LogP contribution in [0.1, 0.15) is 44.2 Å². The predicted molar refractivity (Wildman–Crippen MR) is 68.0 cm³/mol. The molecule has 0 amide bonds. The second kappa shape index (κ2) is 4.92. The molecule has 0 aliphatic heterocycles. The Morgan fingerprint density at radius 3 is 2.59 bits per heavy atom. The van der Waals surface area contributed by atoms with Gasteiger partial charge in [0.05, 0.1) is 6.04 Å². The van der Waals surface area contributed by atoms with Gasteiger partial charge in [-0.25, -0.2) is 4.39 Å². The van der Waals surface area contributed by atoms with Crippen LogP contribution in [0.5, 0.6) is 0 Å². The lowest BCUT2D eigenvalue weighted by atomic mass is 9.77. The summed E-state index contributed by atoms with van der Waals surface area (Å²) in [5.41, 5.74) is 3.42. The van der Waals surface area contributed by atoms with Crippen molar-refractivity contribution in [1.29, 1.82) is 0 Å². The number of halogens is 2. The Labute approximate surface area is 106 Å². The smallest absolute Gasteiger partial charge is 0.129 e. The summed E-state index contributed by atoms with van der Waals surface area (Å²) in [4.78, 5) is 0. The van der Waals surface area contributed by atoms with Crippen molar-refractivity contribution in [3.05, 3.63) is 34.6 Å². The first-order valence-electron chi connectivity index (χ1n) is 5.98. The molecule has 1 fully saturated rings. The average molecular weight is 257 g/mol. The van der Waals surface area contributed by atoms with Gasteiger partial charge in [0, 0.05) is 10.6 Å². The Kier molecular flexibility index (Phi) is 3.71. The maximum absolute atomic E-state index is 13.9. The molecule has 2 nitrogen and oxygen atoms in total. The molecule has 3 N–H and O–H groups in total. The van der Waals surface area contributed by atoms with Gasteiger partial charge >= 0.3 is 0 Å². The zero-order valence-corrected chi connectivity index (χ0v) is 10.7. The first-order valence-corrected chi connectivity index (χ1v) is 6.36. The fourth-order valence-corrected chi connectivity index (χ4v) is 3.03. The lowest BCUT2D eigenvalue weighted by Crippen LogP contribution is -2.39. The lowest BCUT2D eigenvalue weighted by molar-refractivity contribution is 0.220. The molecular weight excluding hydrogens is 239 g/mol. The average Bonchev–Trinajstić information content (AvgIpc) is 2.70. The van der Waals surface area contributed by atoms with Crippen LogP contribution in [0.2, 0.25) is 5.02 Å². The highest BCUT2D eigenvalue weighted by atomic mass is 35.5. The normalized spacial score (nSPS) is 20.5. The van der Waals surface area contributed by atoms with Crippen LogP contribution in [0.25, 0.3) is 0 Å². The molecule has 0 aromatic heterocycles. The summed E-state index contributed by atoms with van der Waals surface area (Å²) in [5, 5.41) is 0.415. The summed E-state index contributed by atoms with van der Waals surface area (Å²) in [5.74, 6) is 5.34. The Morgan fingerprint density at radius 1 is 1.41 bits per heavy atom. The maximum atomic E-state index is 13.9. The van der Waals surface area contributed by atoms with Gasteiger partial charge < -0.3 is 0 Å². The van der Waals surface area contributed by atoms with E-state index in [1.807, 2.05) is 0 Å². The quantitative estimate of drug-likeness (QED) is 0.641. The monoisotopic (exact) mass is 256 g/mol. The summed E-state index contributed by atoms with van der Waals surface area (Å²) in [6.45, 7) is 2.17. The first-order chi connectivity index (χ1) is 8.07. The highest BCUT2D eigenvalue weighted by Gasteiger charge is 2.38. The molecule has 94 valence electrons. The van der Waals surface area contributed by atoms with Crippen LogP contribution in [0.3, 0.4) is 0 Å². The Bertz CT molecular complexity index is 402. The molecule has 2 rings (SSSR count). The van der Waals surface area contributed by atoms with Crippen molar-refractivity contribution in [2.75, 3.05) is 0 Å². The standard InChI is InChI=1S/C13H18ClFN2/c1-13(6-2-3-7-13)12(17-16)10-5-4-9(14)8-11(10)15/h4-5,8,12,17H,2-3,6-7,16H2,1H3. The van der Waals surface area contributed by atoms with Gasteiger partial charge in [-0.3, -0.25) is 11.3 Å². The number of hydrazine groups is 1. The van der Waals surface area contributed by atoms with Crippen LogP contribution in [0, 0.1) is 11.2 Å². The van der Waals surface area contributed by atoms with Crippen LogP contribution < -0.4 is 11.3 Å². The zero-order chi connectivity index (χ0) is 12.5. The fraction of sp³-hybridized carbons (Fsp3) is 0.538. The third-order valence-corrected chi connectivity index (χ3v) is 4.12. The molecule has 17 heavy (non-hydrogen) atoms. The second-order valence-electron chi connectivity index (χ2n) is 5.13. The van der Waals surface area contributed by atoms with Gasteiger partial charge in [-0.1, -0.05) is 37.4 Å². The largest absolute Gasteiger partial charge is 0.271 e. The molecule has 1 aliphatic carbocycles. The predicted octanol–water partition coefficient (Wildman–Crippen LogP) is 3.56. The Hall–Kier alpha value is -0.640. The van der Waals surface area contributed by atoms with Crippen molar-refractivity contribution >= 4 is 11.6 Å². The first kappa shape index (κ1) is 12.8. The van der Waals surface area contributed by atoms with Crippen LogP contribution in [0.15, 0.2) is 18.2 Å². The van der Waals surface area contributed by atoms with E-state index in [2.05, 4.69) is 12.3 Å². The number of rotatable bonds is 3. The highest BCUT2D eigenvalue weighted by molar-refractivity contribution is 6.30. The van der Waals surface area contributed by atoms with E-state index in [4.69, 9.17) is 17.4 Å². The van der Waals surface area contributed by atoms with E-state index in [1.54, 1.807) is 12.1 Å². The highest BCUT2D eigenvalue weighted by Crippen LogP contribution is 2.47. The van der Waals surface area contributed by atoms with Gasteiger partial charge in [0.15, 0.2) is 0 Å². The molecule has 1 aliphatic rings. The third-order valence-electron chi connectivity index (χ3n) is 3.88. The van der Waals surface area contributed by atoms with Gasteiger partial charge in [-0.2, -0.15) is 0 Å². The summed E-state index contributed by atoms with van der Waals surface area (Å²) in [7, 11) is 0. The molecule has 0 heterocycles. The number of nitrogens with two attached hydrogens (primary N) is 1. The van der Waals surface area contributed by atoms with E-state index in [0.29, 0.717) is 10.6 Å². The SMILES string of the molecule is CC1(C(NN)c2ccc(Cl)cc2F)CCCC1. The molecular formula is C13H18ClFN2. The van der Waals surface area contributed by atoms with Crippen molar-refractivity contribution in [1.82, 2.24) is 5.43 Å². The van der Waals surface area contributed by atoms with E-state index in [9.17, 15) is 4.39 Å². The zero-order valence-electron chi connectivity index (χ0n) is 9.97. The van der Waals surface area contributed by atoms with Crippen molar-refractivity contribution < 1.29 is 4.39 Å². The third kappa shape index (κ3) is 2.46. The van der Waals surface area contributed by atoms with E-state index in [-0.39, 0.29) is 17.3 Å². The second-order valence-corrected chi connectivity index (χ2v) is 5.56. The van der Waals surface area contributed by atoms with Crippen LogP contribution in [-0.4, -0.2) is 0 Å². The Morgan fingerprint density at radius 2 is 2.06 bits per heavy atom. The summed E-state index contributed by atoms with van der Waals surface area (Å²) in [6, 6.07) is 4.63. The topological polar surface area (TPSA) is 38.0 Å². The maximum Gasteiger partial charge on any atom is 0.129 e. The number of hydrogen-bond donors (Lipinski definition) is 2. The molecule has 1 atom stereocenters. The van der Waals surface area contributed by atoms with Gasteiger partial charge in [0.2, 0.25) is 0 Å². The molecule has 1 saturated carbocycles. The molecule has 0 bridgehead atoms. The van der Waals surface area contributed by atoms with Crippen LogP contribution in [-0.2, 0) is 0 Å². The van der Waals surface area contributed by atoms with Crippen LogP contribution >= 0.6 is 11.6 Å². The molecule has 0 spiro atoms. The molecule has 4 heteroatoms. The van der Waals surface area contributed by atoms with Gasteiger partial charge in [0.25, 0.3) is 0 Å². The van der Waals surface area contributed by atoms with Crippen molar-refractivity contribution in [3.8, 4) is 0 Å². The minimum atomic E-state index is -0.284. The van der Waals surface area contributed by atoms with E-state index >= 15 is 0 Å². The summed E-state index contributed by atoms with van der Waals surface area (Å²) in [6.07, 6.45) is 4.52. The molecule has 1 aromatic carbocycles. The van der Waals surface area contributed by atoms with E-state index < -0.39 is 0 Å². The van der Waals surface area contributed by atoms with Gasteiger partial charge in [-0.05, 0) is 30.4 Å². The van der Waals surface area contributed by atoms with Crippen LogP contribution in [0.4, 0.5) is 4.39 Å². The molecule has 1 aromatic rings. The Balaban J connectivity index is 2.34. The van der Waals surface area contributed by atoms with E-state index in [0.717, 1.165) is 12.8 Å². The number of hydrogen-bond acceptors (Lipinski definition) is 2. The van der Waals surface area contributed by atoms with Crippen molar-refractivity contribution in [2.24, 2.45) is 11.3 Å². The molecule has 0 radical (unpaired) electrons. The number of nitrogens with one attached hydrogen (secondary N) is 1. The summed E-state index contributed by atoms with van der Waals surface area (Å²) < 4.78 is 13.9. The van der Waals surface area contributed by atoms with Crippen molar-refractivity contribution in [3.63, 3.8) is 0 Å². The van der Waals surface area contributed by atoms with E-state index in [1.165, 1.54) is 18.9 Å². The number of benzene rings is 1. The minimum Gasteiger partial charge on any atom is -0.271 e. The fourth-order valence-electron chi connectivity index (χ4n) is 2.87. The minimum absolute atomic E-state index is 0.0312. The summed E-state index contributed by atoms with van der Waals surface area (Å²) >= 11 is 5.77.